The summed E-state index contributed by atoms with van der Waals surface area (Å²) in [6.45, 7) is 4.13. The van der Waals surface area contributed by atoms with Crippen molar-refractivity contribution in [2.75, 3.05) is 18.2 Å². The minimum Gasteiger partial charge on any atom is -0.485 e. The van der Waals surface area contributed by atoms with Crippen LogP contribution >= 0.6 is 34.7 Å². The molecule has 0 fully saturated rings. The van der Waals surface area contributed by atoms with Crippen LogP contribution in [-0.2, 0) is 23.2 Å². The summed E-state index contributed by atoms with van der Waals surface area (Å²) in [5.41, 5.74) is 3.97. The molecule has 0 aliphatic heterocycles. The van der Waals surface area contributed by atoms with Gasteiger partial charge >= 0.3 is 5.97 Å². The fourth-order valence-corrected chi connectivity index (χ4v) is 5.44. The minimum absolute atomic E-state index is 0.0848. The number of thiophene rings is 1. The highest BCUT2D eigenvalue weighted by molar-refractivity contribution is 7.99. The van der Waals surface area contributed by atoms with E-state index in [0.29, 0.717) is 37.9 Å². The predicted molar refractivity (Wildman–Crippen MR) is 147 cm³/mol. The van der Waals surface area contributed by atoms with Gasteiger partial charge in [0.05, 0.1) is 12.9 Å². The Hall–Kier alpha value is -3.34. The molecule has 2 heterocycles. The Balaban J connectivity index is 1.40. The third-order valence-corrected chi connectivity index (χ3v) is 7.70. The second kappa shape index (κ2) is 11.8. The molecule has 192 valence electrons. The summed E-state index contributed by atoms with van der Waals surface area (Å²) < 4.78 is 12.6. The molecule has 11 heteroatoms. The molecular formula is C26H25ClN4O4S2. The molecule has 37 heavy (non-hydrogen) atoms. The van der Waals surface area contributed by atoms with E-state index in [9.17, 15) is 9.59 Å². The van der Waals surface area contributed by atoms with E-state index in [1.54, 1.807) is 10.6 Å². The Morgan fingerprint density at radius 3 is 2.59 bits per heavy atom. The Morgan fingerprint density at radius 2 is 1.89 bits per heavy atom. The van der Waals surface area contributed by atoms with Crippen LogP contribution in [0.4, 0.5) is 5.00 Å². The number of esters is 1. The van der Waals surface area contributed by atoms with Gasteiger partial charge in [-0.15, -0.1) is 21.5 Å². The minimum atomic E-state index is -0.506. The molecule has 0 atom stereocenters. The lowest BCUT2D eigenvalue weighted by atomic mass is 10.0. The normalized spacial score (nSPS) is 10.8. The third kappa shape index (κ3) is 6.33. The summed E-state index contributed by atoms with van der Waals surface area (Å²) in [5, 5.41) is 14.7. The number of hydrogen-bond donors (Lipinski definition) is 1. The molecule has 0 radical (unpaired) electrons. The highest BCUT2D eigenvalue weighted by Gasteiger charge is 2.23. The van der Waals surface area contributed by atoms with Gasteiger partial charge in [-0.25, -0.2) is 4.79 Å². The number of halogens is 1. The van der Waals surface area contributed by atoms with Crippen molar-refractivity contribution in [3.05, 3.63) is 75.4 Å². The fraction of sp³-hybridized carbons (Fsp3) is 0.231. The van der Waals surface area contributed by atoms with Crippen molar-refractivity contribution < 1.29 is 19.1 Å². The average Bonchev–Trinajstić information content (AvgIpc) is 3.45. The summed E-state index contributed by atoms with van der Waals surface area (Å²) in [7, 11) is 3.14. The van der Waals surface area contributed by atoms with E-state index in [0.717, 1.165) is 16.7 Å². The smallest absolute Gasteiger partial charge is 0.341 e. The summed E-state index contributed by atoms with van der Waals surface area (Å²) >= 11 is 8.52. The lowest BCUT2D eigenvalue weighted by Gasteiger charge is -2.09. The maximum atomic E-state index is 12.8. The number of nitrogens with one attached hydrogen (secondary N) is 1. The first-order valence-electron chi connectivity index (χ1n) is 11.2. The highest BCUT2D eigenvalue weighted by atomic mass is 35.5. The van der Waals surface area contributed by atoms with E-state index in [1.807, 2.05) is 62.7 Å². The molecule has 0 saturated heterocycles. The van der Waals surface area contributed by atoms with E-state index in [-0.39, 0.29) is 18.3 Å². The van der Waals surface area contributed by atoms with Gasteiger partial charge in [-0.3, -0.25) is 4.79 Å². The molecule has 0 aliphatic rings. The van der Waals surface area contributed by atoms with Gasteiger partial charge in [-0.05, 0) is 43.2 Å². The first-order valence-corrected chi connectivity index (χ1v) is 13.5. The SMILES string of the molecule is COC(=O)c1c(-c2ccc(C)cc2)csc1NC(=O)CSc1nnc(COc2ccc(Cl)cc2C)n1C. The number of nitrogens with zero attached hydrogens (tertiary/aromatic N) is 3. The number of carbonyl (C=O) groups excluding carboxylic acids is 2. The number of aromatic nitrogens is 3. The monoisotopic (exact) mass is 556 g/mol. The van der Waals surface area contributed by atoms with Crippen LogP contribution in [0.2, 0.25) is 5.02 Å². The van der Waals surface area contributed by atoms with Crippen LogP contribution in [0.3, 0.4) is 0 Å². The molecule has 0 aliphatic carbocycles. The molecule has 2 aromatic heterocycles. The van der Waals surface area contributed by atoms with Gasteiger partial charge in [0.25, 0.3) is 0 Å². The van der Waals surface area contributed by atoms with Gasteiger partial charge in [0, 0.05) is 23.0 Å². The Kier molecular flexibility index (Phi) is 8.52. The molecule has 1 amide bonds. The number of anilines is 1. The van der Waals surface area contributed by atoms with Gasteiger partial charge < -0.3 is 19.4 Å². The zero-order valence-electron chi connectivity index (χ0n) is 20.7. The maximum Gasteiger partial charge on any atom is 0.341 e. The summed E-state index contributed by atoms with van der Waals surface area (Å²) in [6.07, 6.45) is 0. The molecule has 0 spiro atoms. The van der Waals surface area contributed by atoms with Crippen LogP contribution in [0, 0.1) is 13.8 Å². The predicted octanol–water partition coefficient (Wildman–Crippen LogP) is 5.91. The largest absolute Gasteiger partial charge is 0.485 e. The van der Waals surface area contributed by atoms with Gasteiger partial charge in [0.2, 0.25) is 5.91 Å². The standard InChI is InChI=1S/C26H25ClN4O4S2/c1-15-5-7-17(8-6-15)19-13-36-24(23(19)25(33)34-4)28-22(32)14-37-26-30-29-21(31(26)3)12-35-20-10-9-18(27)11-16(20)2/h5-11,13H,12,14H2,1-4H3,(H,28,32). The van der Waals surface area contributed by atoms with E-state index in [4.69, 9.17) is 21.1 Å². The molecule has 8 nitrogen and oxygen atoms in total. The van der Waals surface area contributed by atoms with Crippen molar-refractivity contribution >= 4 is 51.6 Å². The Morgan fingerprint density at radius 1 is 1.14 bits per heavy atom. The van der Waals surface area contributed by atoms with E-state index < -0.39 is 5.97 Å². The summed E-state index contributed by atoms with van der Waals surface area (Å²) in [5.74, 6) is 0.634. The number of ether oxygens (including phenoxy) is 2. The second-order valence-electron chi connectivity index (χ2n) is 8.20. The second-order valence-corrected chi connectivity index (χ2v) is 10.5. The first-order chi connectivity index (χ1) is 17.8. The molecule has 4 rings (SSSR count). The Bertz CT molecular complexity index is 1430. The van der Waals surface area contributed by atoms with Gasteiger partial charge in [-0.2, -0.15) is 0 Å². The molecule has 0 saturated carbocycles. The number of thioether (sulfide) groups is 1. The van der Waals surface area contributed by atoms with E-state index in [1.165, 1.54) is 30.2 Å². The van der Waals surface area contributed by atoms with Crippen LogP contribution in [0.15, 0.2) is 53.0 Å². The lowest BCUT2D eigenvalue weighted by Crippen LogP contribution is -2.16. The molecular weight excluding hydrogens is 532 g/mol. The van der Waals surface area contributed by atoms with Crippen LogP contribution in [0.5, 0.6) is 5.75 Å². The van der Waals surface area contributed by atoms with Crippen molar-refractivity contribution in [3.63, 3.8) is 0 Å². The number of aryl methyl sites for hydroxylation is 2. The number of amides is 1. The van der Waals surface area contributed by atoms with E-state index >= 15 is 0 Å². The van der Waals surface area contributed by atoms with Crippen LogP contribution in [-0.4, -0.2) is 39.5 Å². The maximum absolute atomic E-state index is 12.8. The number of hydrogen-bond acceptors (Lipinski definition) is 8. The summed E-state index contributed by atoms with van der Waals surface area (Å²) in [6, 6.07) is 13.2. The zero-order valence-corrected chi connectivity index (χ0v) is 23.1. The van der Waals surface area contributed by atoms with Crippen molar-refractivity contribution in [2.45, 2.75) is 25.6 Å². The third-order valence-electron chi connectivity index (χ3n) is 5.55. The molecule has 0 bridgehead atoms. The average molecular weight is 557 g/mol. The molecule has 1 N–H and O–H groups in total. The number of methoxy groups -OCH3 is 1. The Labute approximate surface area is 228 Å². The molecule has 2 aromatic carbocycles. The zero-order chi connectivity index (χ0) is 26.5. The summed E-state index contributed by atoms with van der Waals surface area (Å²) in [4.78, 5) is 25.3. The van der Waals surface area contributed by atoms with Gasteiger partial charge in [0.15, 0.2) is 11.0 Å². The quantitative estimate of drug-likeness (QED) is 0.202. The number of benzene rings is 2. The number of rotatable bonds is 9. The van der Waals surface area contributed by atoms with Crippen LogP contribution in [0.25, 0.3) is 11.1 Å². The first kappa shape index (κ1) is 26.7. The number of carbonyl (C=O) groups is 2. The van der Waals surface area contributed by atoms with Crippen molar-refractivity contribution in [1.82, 2.24) is 14.8 Å². The topological polar surface area (TPSA) is 95.3 Å². The van der Waals surface area contributed by atoms with Crippen LogP contribution < -0.4 is 10.1 Å². The van der Waals surface area contributed by atoms with Gasteiger partial charge in [-0.1, -0.05) is 53.2 Å². The van der Waals surface area contributed by atoms with Gasteiger partial charge in [0.1, 0.15) is 22.9 Å². The van der Waals surface area contributed by atoms with Crippen molar-refractivity contribution in [1.29, 1.82) is 0 Å². The fourth-order valence-electron chi connectivity index (χ4n) is 3.51. The molecule has 0 unspecified atom stereocenters. The van der Waals surface area contributed by atoms with E-state index in [2.05, 4.69) is 15.5 Å². The molecule has 4 aromatic rings. The van der Waals surface area contributed by atoms with Crippen molar-refractivity contribution in [3.8, 4) is 16.9 Å². The lowest BCUT2D eigenvalue weighted by molar-refractivity contribution is -0.113. The highest BCUT2D eigenvalue weighted by Crippen LogP contribution is 2.36. The van der Waals surface area contributed by atoms with Crippen LogP contribution in [0.1, 0.15) is 27.3 Å². The van der Waals surface area contributed by atoms with Crippen molar-refractivity contribution in [2.24, 2.45) is 7.05 Å².